The highest BCUT2D eigenvalue weighted by Gasteiger charge is 2.13. The first kappa shape index (κ1) is 17.6. The maximum atomic E-state index is 12.1. The molecule has 0 fully saturated rings. The van der Waals surface area contributed by atoms with E-state index in [1.807, 2.05) is 0 Å². The quantitative estimate of drug-likeness (QED) is 0.732. The third-order valence-corrected chi connectivity index (χ3v) is 3.76. The van der Waals surface area contributed by atoms with E-state index in [0.717, 1.165) is 0 Å². The Hall–Kier alpha value is -1.80. The predicted molar refractivity (Wildman–Crippen MR) is 82.9 cm³/mol. The number of carbonyl (C=O) groups is 1. The largest absolute Gasteiger partial charge is 0.467 e. The molecule has 1 amide bonds. The van der Waals surface area contributed by atoms with Gasteiger partial charge in [-0.15, -0.1) is 0 Å². The number of furan rings is 2. The Morgan fingerprint density at radius 2 is 2.00 bits per heavy atom. The van der Waals surface area contributed by atoms with Gasteiger partial charge < -0.3 is 14.2 Å². The molecule has 0 aliphatic rings. The van der Waals surface area contributed by atoms with E-state index in [2.05, 4.69) is 10.6 Å². The van der Waals surface area contributed by atoms with E-state index in [-0.39, 0.29) is 11.7 Å². The zero-order chi connectivity index (χ0) is 16.7. The van der Waals surface area contributed by atoms with Gasteiger partial charge in [0, 0.05) is 0 Å². The molecular weight excluding hydrogens is 326 g/mol. The van der Waals surface area contributed by atoms with E-state index in [1.165, 1.54) is 0 Å². The van der Waals surface area contributed by atoms with Crippen LogP contribution in [0.25, 0.3) is 0 Å². The number of rotatable bonds is 9. The van der Waals surface area contributed by atoms with Crippen LogP contribution in [0.2, 0.25) is 0 Å². The summed E-state index contributed by atoms with van der Waals surface area (Å²) in [6.07, 6.45) is 1.55. The fourth-order valence-corrected chi connectivity index (χ4v) is 2.27. The molecule has 1 atom stereocenters. The molecule has 1 unspecified atom stereocenters. The van der Waals surface area contributed by atoms with Gasteiger partial charge in [-0.25, -0.2) is 0 Å². The second kappa shape index (κ2) is 8.73. The summed E-state index contributed by atoms with van der Waals surface area (Å²) >= 11 is 0.512. The van der Waals surface area contributed by atoms with Crippen LogP contribution in [-0.2, 0) is 23.6 Å². The molecule has 5 nitrogen and oxygen atoms in total. The van der Waals surface area contributed by atoms with Crippen molar-refractivity contribution in [3.63, 3.8) is 0 Å². The first-order valence-electron chi connectivity index (χ1n) is 7.05. The van der Waals surface area contributed by atoms with Crippen molar-refractivity contribution in [1.29, 1.82) is 0 Å². The van der Waals surface area contributed by atoms with Crippen LogP contribution in [0.3, 0.4) is 0 Å². The van der Waals surface area contributed by atoms with Crippen molar-refractivity contribution < 1.29 is 22.4 Å². The lowest BCUT2D eigenvalue weighted by molar-refractivity contribution is -0.123. The highest BCUT2D eigenvalue weighted by molar-refractivity contribution is 7.98. The highest BCUT2D eigenvalue weighted by atomic mass is 32.2. The number of hydrogen-bond acceptors (Lipinski definition) is 5. The van der Waals surface area contributed by atoms with E-state index < -0.39 is 11.8 Å². The highest BCUT2D eigenvalue weighted by Crippen LogP contribution is 2.21. The van der Waals surface area contributed by atoms with Crippen molar-refractivity contribution in [2.45, 2.75) is 37.6 Å². The molecule has 2 N–H and O–H groups in total. The minimum atomic E-state index is -2.42. The third-order valence-electron chi connectivity index (χ3n) is 3.06. The molecule has 0 bridgehead atoms. The van der Waals surface area contributed by atoms with E-state index in [4.69, 9.17) is 8.83 Å². The number of carbonyl (C=O) groups excluding carboxylic acids is 1. The van der Waals surface area contributed by atoms with E-state index >= 15 is 0 Å². The van der Waals surface area contributed by atoms with Crippen LogP contribution in [0, 0.1) is 0 Å². The Bertz CT molecular complexity index is 602. The van der Waals surface area contributed by atoms with E-state index in [9.17, 15) is 13.6 Å². The van der Waals surface area contributed by atoms with Gasteiger partial charge >= 0.3 is 0 Å². The summed E-state index contributed by atoms with van der Waals surface area (Å²) in [6, 6.07) is 6.48. The maximum Gasteiger partial charge on any atom is 0.284 e. The van der Waals surface area contributed by atoms with Crippen LogP contribution in [-0.4, -0.2) is 17.7 Å². The average molecular weight is 344 g/mol. The molecule has 0 aliphatic heterocycles. The van der Waals surface area contributed by atoms with Crippen LogP contribution in [0.5, 0.6) is 0 Å². The van der Waals surface area contributed by atoms with Crippen LogP contribution in [0.1, 0.15) is 24.2 Å². The Morgan fingerprint density at radius 3 is 2.70 bits per heavy atom. The Kier molecular flexibility index (Phi) is 6.66. The minimum absolute atomic E-state index is 0.122. The molecule has 2 heterocycles. The minimum Gasteiger partial charge on any atom is -0.467 e. The van der Waals surface area contributed by atoms with Crippen molar-refractivity contribution in [3.8, 4) is 0 Å². The summed E-state index contributed by atoms with van der Waals surface area (Å²) in [5, 5.41) is 5.76. The lowest BCUT2D eigenvalue weighted by Gasteiger charge is -2.12. The van der Waals surface area contributed by atoms with Crippen molar-refractivity contribution in [2.24, 2.45) is 0 Å². The second-order valence-electron chi connectivity index (χ2n) is 4.84. The number of alkyl halides is 2. The van der Waals surface area contributed by atoms with E-state index in [1.54, 1.807) is 37.5 Å². The molecule has 126 valence electrons. The fraction of sp³-hybridized carbons (Fsp3) is 0.400. The molecule has 0 saturated carbocycles. The first-order chi connectivity index (χ1) is 11.0. The molecule has 0 saturated heterocycles. The van der Waals surface area contributed by atoms with Crippen molar-refractivity contribution in [1.82, 2.24) is 10.6 Å². The summed E-state index contributed by atoms with van der Waals surface area (Å²) in [5.41, 5.74) is 0. The molecule has 0 aliphatic carbocycles. The van der Waals surface area contributed by atoms with Crippen LogP contribution in [0.15, 0.2) is 39.4 Å². The van der Waals surface area contributed by atoms with Gasteiger partial charge in [-0.3, -0.25) is 10.1 Å². The molecule has 0 aromatic carbocycles. The molecule has 2 aromatic rings. The molecule has 23 heavy (non-hydrogen) atoms. The van der Waals surface area contributed by atoms with Gasteiger partial charge in [0.25, 0.3) is 5.76 Å². The number of halogens is 2. The normalized spacial score (nSPS) is 12.5. The topological polar surface area (TPSA) is 67.4 Å². The summed E-state index contributed by atoms with van der Waals surface area (Å²) in [7, 11) is 0. The summed E-state index contributed by atoms with van der Waals surface area (Å²) < 4.78 is 34.8. The molecule has 0 spiro atoms. The van der Waals surface area contributed by atoms with Gasteiger partial charge in [-0.05, 0) is 31.2 Å². The summed E-state index contributed by atoms with van der Waals surface area (Å²) in [6.45, 7) is 2.40. The lowest BCUT2D eigenvalue weighted by atomic mass is 10.3. The molecule has 2 aromatic heterocycles. The number of nitrogens with one attached hydrogen (secondary N) is 2. The third kappa shape index (κ3) is 6.07. The molecule has 8 heteroatoms. The summed E-state index contributed by atoms with van der Waals surface area (Å²) in [5.74, 6) is -0.696. The van der Waals surface area contributed by atoms with Gasteiger partial charge in [-0.2, -0.15) is 8.78 Å². The van der Waals surface area contributed by atoms with Gasteiger partial charge in [-0.1, -0.05) is 11.8 Å². The van der Waals surface area contributed by atoms with Crippen molar-refractivity contribution in [2.75, 3.05) is 0 Å². The lowest BCUT2D eigenvalue weighted by Crippen LogP contribution is -2.41. The van der Waals surface area contributed by atoms with Crippen LogP contribution < -0.4 is 10.6 Å². The fourth-order valence-electron chi connectivity index (χ4n) is 1.83. The second-order valence-corrected chi connectivity index (χ2v) is 5.82. The zero-order valence-corrected chi connectivity index (χ0v) is 13.4. The zero-order valence-electron chi connectivity index (χ0n) is 12.6. The Labute approximate surface area is 136 Å². The smallest absolute Gasteiger partial charge is 0.284 e. The molecular formula is C15H18F2N2O3S. The Balaban J connectivity index is 1.70. The van der Waals surface area contributed by atoms with Gasteiger partial charge in [0.2, 0.25) is 5.91 Å². The van der Waals surface area contributed by atoms with Crippen LogP contribution in [0.4, 0.5) is 8.78 Å². The standard InChI is InChI=1S/C15H18F2N2O3S/c1-10(14(20)19-7-11-3-2-6-21-11)18-8-12-4-5-13(22-12)9-23-15(16)17/h2-6,10,15,18H,7-9H2,1H3,(H,19,20). The van der Waals surface area contributed by atoms with E-state index in [0.29, 0.717) is 42.1 Å². The number of amides is 1. The van der Waals surface area contributed by atoms with Crippen LogP contribution >= 0.6 is 11.8 Å². The molecule has 2 rings (SSSR count). The SMILES string of the molecule is CC(NCc1ccc(CSC(F)F)o1)C(=O)NCc1ccco1. The number of hydrogen-bond donors (Lipinski definition) is 2. The van der Waals surface area contributed by atoms with Gasteiger partial charge in [0.1, 0.15) is 17.3 Å². The average Bonchev–Trinajstić information content (AvgIpc) is 3.19. The monoisotopic (exact) mass is 344 g/mol. The summed E-state index contributed by atoms with van der Waals surface area (Å²) in [4.78, 5) is 11.9. The van der Waals surface area contributed by atoms with Gasteiger partial charge in [0.15, 0.2) is 0 Å². The predicted octanol–water partition coefficient (Wildman–Crippen LogP) is 3.12. The number of thioether (sulfide) groups is 1. The maximum absolute atomic E-state index is 12.1. The van der Waals surface area contributed by atoms with Crippen molar-refractivity contribution in [3.05, 3.63) is 47.8 Å². The van der Waals surface area contributed by atoms with Crippen molar-refractivity contribution >= 4 is 17.7 Å². The Morgan fingerprint density at radius 1 is 1.22 bits per heavy atom. The molecule has 0 radical (unpaired) electrons. The van der Waals surface area contributed by atoms with Gasteiger partial charge in [0.05, 0.1) is 31.1 Å². The first-order valence-corrected chi connectivity index (χ1v) is 8.10.